The second-order valence-electron chi connectivity index (χ2n) is 3.92. The average Bonchev–Trinajstić information content (AvgIpc) is 3.08. The Hall–Kier alpha value is -2.22. The third kappa shape index (κ3) is 2.42. The monoisotopic (exact) mass is 296 g/mol. The predicted molar refractivity (Wildman–Crippen MR) is 67.4 cm³/mol. The topological polar surface area (TPSA) is 43.6 Å². The summed E-state index contributed by atoms with van der Waals surface area (Å²) < 4.78 is 39.2. The summed E-state index contributed by atoms with van der Waals surface area (Å²) in [4.78, 5) is 8.25. The summed E-state index contributed by atoms with van der Waals surface area (Å²) in [5.74, 6) is -0.329. The van der Waals surface area contributed by atoms with E-state index in [1.807, 2.05) is 0 Å². The molecule has 0 aromatic carbocycles. The summed E-state index contributed by atoms with van der Waals surface area (Å²) in [6.07, 6.45) is 2.70. The molecule has 0 aliphatic carbocycles. The lowest BCUT2D eigenvalue weighted by Crippen LogP contribution is -2.00. The Morgan fingerprint density at radius 2 is 1.90 bits per heavy atom. The fraction of sp³-hybridized carbons (Fsp3) is 0.0833. The maximum Gasteiger partial charge on any atom is 0.264 e. The van der Waals surface area contributed by atoms with Gasteiger partial charge in [-0.25, -0.2) is 27.8 Å². The van der Waals surface area contributed by atoms with Crippen molar-refractivity contribution in [1.82, 2.24) is 19.7 Å². The minimum absolute atomic E-state index is 0.0178. The van der Waals surface area contributed by atoms with Gasteiger partial charge in [0, 0.05) is 27.6 Å². The molecular formula is C12H7F3N4S. The molecule has 102 valence electrons. The van der Waals surface area contributed by atoms with Crippen LogP contribution in [0.2, 0.25) is 0 Å². The molecule has 0 bridgehead atoms. The van der Waals surface area contributed by atoms with Gasteiger partial charge in [0.2, 0.25) is 0 Å². The number of hydrogen-bond acceptors (Lipinski definition) is 4. The Labute approximate surface area is 115 Å². The summed E-state index contributed by atoms with van der Waals surface area (Å²) >= 11 is 1.21. The van der Waals surface area contributed by atoms with Crippen LogP contribution in [-0.2, 0) is 0 Å². The van der Waals surface area contributed by atoms with Crippen molar-refractivity contribution in [2.24, 2.45) is 0 Å². The SMILES string of the molecule is Fc1cnc(-n2cc(-c3cc(C(F)F)cs3)cn2)nc1. The van der Waals surface area contributed by atoms with Gasteiger partial charge in [-0.2, -0.15) is 5.10 Å². The van der Waals surface area contributed by atoms with E-state index in [1.54, 1.807) is 6.20 Å². The smallest absolute Gasteiger partial charge is 0.217 e. The van der Waals surface area contributed by atoms with Gasteiger partial charge in [0.25, 0.3) is 12.4 Å². The summed E-state index contributed by atoms with van der Waals surface area (Å²) in [5.41, 5.74) is 0.658. The molecule has 0 spiro atoms. The van der Waals surface area contributed by atoms with E-state index in [1.165, 1.54) is 33.7 Å². The molecule has 3 aromatic rings. The molecule has 0 saturated heterocycles. The Bertz CT molecular complexity index is 720. The van der Waals surface area contributed by atoms with Gasteiger partial charge < -0.3 is 0 Å². The van der Waals surface area contributed by atoms with Crippen LogP contribution in [0.15, 0.2) is 36.2 Å². The molecular weight excluding hydrogens is 289 g/mol. The Morgan fingerprint density at radius 3 is 2.55 bits per heavy atom. The molecule has 0 aliphatic rings. The van der Waals surface area contributed by atoms with E-state index >= 15 is 0 Å². The second-order valence-corrected chi connectivity index (χ2v) is 4.83. The van der Waals surface area contributed by atoms with Gasteiger partial charge in [-0.3, -0.25) is 0 Å². The maximum absolute atomic E-state index is 12.7. The molecule has 0 saturated carbocycles. The van der Waals surface area contributed by atoms with Crippen molar-refractivity contribution in [3.05, 3.63) is 47.6 Å². The van der Waals surface area contributed by atoms with Gasteiger partial charge in [-0.05, 0) is 6.07 Å². The Morgan fingerprint density at radius 1 is 1.15 bits per heavy atom. The summed E-state index contributed by atoms with van der Waals surface area (Å²) in [7, 11) is 0. The van der Waals surface area contributed by atoms with E-state index in [4.69, 9.17) is 0 Å². The van der Waals surface area contributed by atoms with Gasteiger partial charge in [0.15, 0.2) is 5.82 Å². The fourth-order valence-electron chi connectivity index (χ4n) is 1.60. The molecule has 4 nitrogen and oxygen atoms in total. The predicted octanol–water partition coefficient (Wildman–Crippen LogP) is 3.47. The van der Waals surface area contributed by atoms with Gasteiger partial charge in [0.1, 0.15) is 0 Å². The normalized spacial score (nSPS) is 11.2. The summed E-state index contributed by atoms with van der Waals surface area (Å²) in [6.45, 7) is 0. The van der Waals surface area contributed by atoms with Gasteiger partial charge in [0.05, 0.1) is 18.6 Å². The molecule has 0 atom stereocenters. The highest BCUT2D eigenvalue weighted by Crippen LogP contribution is 2.31. The average molecular weight is 296 g/mol. The van der Waals surface area contributed by atoms with Crippen molar-refractivity contribution < 1.29 is 13.2 Å². The lowest BCUT2D eigenvalue weighted by atomic mass is 10.2. The zero-order chi connectivity index (χ0) is 14.1. The molecule has 0 amide bonds. The van der Waals surface area contributed by atoms with E-state index in [0.717, 1.165) is 12.4 Å². The molecule has 20 heavy (non-hydrogen) atoms. The van der Waals surface area contributed by atoms with Crippen molar-refractivity contribution in [1.29, 1.82) is 0 Å². The lowest BCUT2D eigenvalue weighted by molar-refractivity contribution is 0.152. The molecule has 3 heterocycles. The maximum atomic E-state index is 12.7. The van der Waals surface area contributed by atoms with Crippen LogP contribution in [0, 0.1) is 5.82 Å². The zero-order valence-electron chi connectivity index (χ0n) is 9.87. The number of thiophene rings is 1. The number of nitrogens with zero attached hydrogens (tertiary/aromatic N) is 4. The second kappa shape index (κ2) is 5.04. The lowest BCUT2D eigenvalue weighted by Gasteiger charge is -1.97. The van der Waals surface area contributed by atoms with Crippen LogP contribution in [0.1, 0.15) is 12.0 Å². The summed E-state index contributed by atoms with van der Waals surface area (Å²) in [6, 6.07) is 1.42. The Balaban J connectivity index is 1.91. The highest BCUT2D eigenvalue weighted by atomic mass is 32.1. The van der Waals surface area contributed by atoms with Crippen LogP contribution in [-0.4, -0.2) is 19.7 Å². The number of hydrogen-bond donors (Lipinski definition) is 0. The minimum atomic E-state index is -2.49. The van der Waals surface area contributed by atoms with Gasteiger partial charge in [-0.1, -0.05) is 0 Å². The van der Waals surface area contributed by atoms with E-state index in [2.05, 4.69) is 15.1 Å². The first kappa shape index (κ1) is 12.8. The molecule has 0 unspecified atom stereocenters. The van der Waals surface area contributed by atoms with E-state index in [0.29, 0.717) is 10.4 Å². The largest absolute Gasteiger partial charge is 0.264 e. The van der Waals surface area contributed by atoms with Crippen molar-refractivity contribution in [2.75, 3.05) is 0 Å². The van der Waals surface area contributed by atoms with Crippen molar-refractivity contribution in [3.8, 4) is 16.4 Å². The summed E-state index contributed by atoms with van der Waals surface area (Å²) in [5, 5.41) is 5.44. The first-order valence-electron chi connectivity index (χ1n) is 5.53. The third-order valence-corrected chi connectivity index (χ3v) is 3.55. The quantitative estimate of drug-likeness (QED) is 0.743. The fourth-order valence-corrected chi connectivity index (χ4v) is 2.48. The van der Waals surface area contributed by atoms with Gasteiger partial charge >= 0.3 is 0 Å². The van der Waals surface area contributed by atoms with Gasteiger partial charge in [-0.15, -0.1) is 11.3 Å². The molecule has 0 radical (unpaired) electrons. The first-order chi connectivity index (χ1) is 9.63. The van der Waals surface area contributed by atoms with Crippen LogP contribution in [0.25, 0.3) is 16.4 Å². The highest BCUT2D eigenvalue weighted by Gasteiger charge is 2.12. The van der Waals surface area contributed by atoms with Crippen molar-refractivity contribution >= 4 is 11.3 Å². The van der Waals surface area contributed by atoms with E-state index in [9.17, 15) is 13.2 Å². The number of aromatic nitrogens is 4. The van der Waals surface area contributed by atoms with Crippen LogP contribution in [0.3, 0.4) is 0 Å². The van der Waals surface area contributed by atoms with Crippen molar-refractivity contribution in [2.45, 2.75) is 6.43 Å². The molecule has 0 aliphatic heterocycles. The Kier molecular flexibility index (Phi) is 3.23. The highest BCUT2D eigenvalue weighted by molar-refractivity contribution is 7.13. The third-order valence-electron chi connectivity index (χ3n) is 2.55. The minimum Gasteiger partial charge on any atom is -0.217 e. The molecule has 3 aromatic heterocycles. The molecule has 3 rings (SSSR count). The number of halogens is 3. The molecule has 8 heteroatoms. The van der Waals surface area contributed by atoms with E-state index < -0.39 is 12.2 Å². The zero-order valence-corrected chi connectivity index (χ0v) is 10.7. The van der Waals surface area contributed by atoms with Crippen LogP contribution in [0.4, 0.5) is 13.2 Å². The van der Waals surface area contributed by atoms with Crippen LogP contribution < -0.4 is 0 Å². The standard InChI is InChI=1S/C12H7F3N4S/c13-9-3-16-12(17-4-9)19-5-8(2-18-19)10-1-7(6-20-10)11(14)15/h1-6,11H. The first-order valence-corrected chi connectivity index (χ1v) is 6.41. The van der Waals surface area contributed by atoms with Crippen LogP contribution in [0.5, 0.6) is 0 Å². The van der Waals surface area contributed by atoms with Crippen molar-refractivity contribution in [3.63, 3.8) is 0 Å². The number of rotatable bonds is 3. The molecule has 0 N–H and O–H groups in total. The molecule has 0 fully saturated rings. The van der Waals surface area contributed by atoms with Crippen LogP contribution >= 0.6 is 11.3 Å². The number of alkyl halides is 2. The van der Waals surface area contributed by atoms with E-state index in [-0.39, 0.29) is 11.5 Å².